The van der Waals surface area contributed by atoms with Gasteiger partial charge in [-0.25, -0.2) is 0 Å². The molecule has 0 unspecified atom stereocenters. The smallest absolute Gasteiger partial charge is 0.320 e. The van der Waals surface area contributed by atoms with Gasteiger partial charge in [0.1, 0.15) is 0 Å². The number of hydrogen-bond acceptors (Lipinski definition) is 5. The van der Waals surface area contributed by atoms with Crippen LogP contribution in [0.5, 0.6) is 0 Å². The summed E-state index contributed by atoms with van der Waals surface area (Å²) in [5.74, 6) is 1.08. The van der Waals surface area contributed by atoms with E-state index in [2.05, 4.69) is 60.7 Å². The molecule has 2 aromatic rings. The molecule has 2 N–H and O–H groups in total. The van der Waals surface area contributed by atoms with Crippen LogP contribution < -0.4 is 10.6 Å². The van der Waals surface area contributed by atoms with Gasteiger partial charge in [-0.15, -0.1) is 5.10 Å². The van der Waals surface area contributed by atoms with Crippen molar-refractivity contribution in [2.24, 2.45) is 0 Å². The second-order valence-corrected chi connectivity index (χ2v) is 5.44. The monoisotopic (exact) mass is 274 g/mol. The molecule has 0 aliphatic rings. The highest BCUT2D eigenvalue weighted by Crippen LogP contribution is 2.21. The van der Waals surface area contributed by atoms with Gasteiger partial charge in [0, 0.05) is 11.7 Å². The van der Waals surface area contributed by atoms with Crippen molar-refractivity contribution in [3.63, 3.8) is 0 Å². The minimum absolute atomic E-state index is 0.390. The number of nitrogens with one attached hydrogen (secondary N) is 2. The number of rotatable bonds is 6. The van der Waals surface area contributed by atoms with E-state index in [4.69, 9.17) is 4.42 Å². The molecule has 0 amide bonds. The highest BCUT2D eigenvalue weighted by molar-refractivity contribution is 5.53. The summed E-state index contributed by atoms with van der Waals surface area (Å²) >= 11 is 0. The van der Waals surface area contributed by atoms with Crippen molar-refractivity contribution in [2.45, 2.75) is 46.2 Å². The molecular weight excluding hydrogens is 252 g/mol. The van der Waals surface area contributed by atoms with E-state index in [1.807, 2.05) is 12.1 Å². The van der Waals surface area contributed by atoms with E-state index in [9.17, 15) is 0 Å². The van der Waals surface area contributed by atoms with Crippen LogP contribution in [0.25, 0.3) is 0 Å². The zero-order chi connectivity index (χ0) is 14.5. The Balaban J connectivity index is 2.01. The second kappa shape index (κ2) is 6.52. The summed E-state index contributed by atoms with van der Waals surface area (Å²) in [6, 6.07) is 9.03. The molecule has 0 spiro atoms. The molecule has 5 nitrogen and oxygen atoms in total. The van der Waals surface area contributed by atoms with Crippen LogP contribution in [0.2, 0.25) is 0 Å². The van der Waals surface area contributed by atoms with Crippen molar-refractivity contribution in [3.05, 3.63) is 35.7 Å². The SMILES string of the molecule is CC(C)NCc1nnc(Nc2cccc(C(C)C)c2)o1. The van der Waals surface area contributed by atoms with Gasteiger partial charge in [0.2, 0.25) is 5.89 Å². The van der Waals surface area contributed by atoms with E-state index in [0.717, 1.165) is 5.69 Å². The van der Waals surface area contributed by atoms with Crippen LogP contribution in [0, 0.1) is 0 Å². The first-order chi connectivity index (χ1) is 9.54. The van der Waals surface area contributed by atoms with Gasteiger partial charge in [-0.2, -0.15) is 0 Å². The molecule has 0 saturated carbocycles. The first-order valence-electron chi connectivity index (χ1n) is 6.97. The Hall–Kier alpha value is -1.88. The van der Waals surface area contributed by atoms with E-state index in [1.165, 1.54) is 5.56 Å². The fraction of sp³-hybridized carbons (Fsp3) is 0.467. The van der Waals surface area contributed by atoms with Crippen molar-refractivity contribution in [2.75, 3.05) is 5.32 Å². The molecule has 0 aliphatic carbocycles. The lowest BCUT2D eigenvalue weighted by molar-refractivity contribution is 0.460. The normalized spacial score (nSPS) is 11.3. The number of hydrogen-bond donors (Lipinski definition) is 2. The summed E-state index contributed by atoms with van der Waals surface area (Å²) in [4.78, 5) is 0. The number of benzene rings is 1. The van der Waals surface area contributed by atoms with E-state index in [1.54, 1.807) is 0 Å². The lowest BCUT2D eigenvalue weighted by Gasteiger charge is -2.07. The Kier molecular flexibility index (Phi) is 4.74. The summed E-state index contributed by atoms with van der Waals surface area (Å²) in [5, 5.41) is 14.4. The van der Waals surface area contributed by atoms with Crippen LogP contribution in [0.1, 0.15) is 45.1 Å². The third kappa shape index (κ3) is 4.06. The van der Waals surface area contributed by atoms with Crippen LogP contribution in [-0.2, 0) is 6.54 Å². The number of nitrogens with zero attached hydrogens (tertiary/aromatic N) is 2. The first-order valence-corrected chi connectivity index (χ1v) is 6.97. The summed E-state index contributed by atoms with van der Waals surface area (Å²) < 4.78 is 5.54. The highest BCUT2D eigenvalue weighted by Gasteiger charge is 2.07. The first kappa shape index (κ1) is 14.5. The van der Waals surface area contributed by atoms with Gasteiger partial charge in [0.25, 0.3) is 0 Å². The largest absolute Gasteiger partial charge is 0.406 e. The molecule has 0 aliphatic heterocycles. The minimum Gasteiger partial charge on any atom is -0.406 e. The van der Waals surface area contributed by atoms with Crippen molar-refractivity contribution in [1.29, 1.82) is 0 Å². The summed E-state index contributed by atoms with van der Waals surface area (Å²) in [7, 11) is 0. The average molecular weight is 274 g/mol. The molecule has 0 saturated heterocycles. The van der Waals surface area contributed by atoms with Gasteiger partial charge < -0.3 is 15.1 Å². The van der Waals surface area contributed by atoms with E-state index >= 15 is 0 Å². The molecule has 0 radical (unpaired) electrons. The van der Waals surface area contributed by atoms with Crippen molar-refractivity contribution < 1.29 is 4.42 Å². The van der Waals surface area contributed by atoms with Gasteiger partial charge in [0.15, 0.2) is 0 Å². The molecule has 0 atom stereocenters. The van der Waals surface area contributed by atoms with Gasteiger partial charge in [-0.1, -0.05) is 44.9 Å². The Morgan fingerprint density at radius 1 is 1.15 bits per heavy atom. The van der Waals surface area contributed by atoms with E-state index < -0.39 is 0 Å². The molecule has 5 heteroatoms. The van der Waals surface area contributed by atoms with Gasteiger partial charge in [-0.3, -0.25) is 0 Å². The minimum atomic E-state index is 0.390. The number of aromatic nitrogens is 2. The van der Waals surface area contributed by atoms with Crippen LogP contribution in [0.4, 0.5) is 11.7 Å². The Labute approximate surface area is 119 Å². The Morgan fingerprint density at radius 2 is 1.95 bits per heavy atom. The third-order valence-corrected chi connectivity index (χ3v) is 2.93. The molecule has 2 rings (SSSR count). The second-order valence-electron chi connectivity index (χ2n) is 5.44. The summed E-state index contributed by atoms with van der Waals surface area (Å²) in [6.07, 6.45) is 0. The molecule has 108 valence electrons. The standard InChI is InChI=1S/C15H22N4O/c1-10(2)12-6-5-7-13(8-12)17-15-19-18-14(20-15)9-16-11(3)4/h5-8,10-11,16H,9H2,1-4H3,(H,17,19). The molecule has 0 fully saturated rings. The zero-order valence-electron chi connectivity index (χ0n) is 12.5. The van der Waals surface area contributed by atoms with Gasteiger partial charge >= 0.3 is 6.01 Å². The Morgan fingerprint density at radius 3 is 2.65 bits per heavy atom. The highest BCUT2D eigenvalue weighted by atomic mass is 16.4. The zero-order valence-corrected chi connectivity index (χ0v) is 12.5. The fourth-order valence-electron chi connectivity index (χ4n) is 1.77. The lowest BCUT2D eigenvalue weighted by atomic mass is 10.0. The van der Waals surface area contributed by atoms with Crippen molar-refractivity contribution in [1.82, 2.24) is 15.5 Å². The molecule has 1 aromatic carbocycles. The molecule has 1 heterocycles. The van der Waals surface area contributed by atoms with Crippen LogP contribution >= 0.6 is 0 Å². The van der Waals surface area contributed by atoms with Crippen LogP contribution in [0.15, 0.2) is 28.7 Å². The molecular formula is C15H22N4O. The van der Waals surface area contributed by atoms with E-state index in [-0.39, 0.29) is 0 Å². The van der Waals surface area contributed by atoms with Crippen molar-refractivity contribution in [3.8, 4) is 0 Å². The quantitative estimate of drug-likeness (QED) is 0.845. The third-order valence-electron chi connectivity index (χ3n) is 2.93. The molecule has 1 aromatic heterocycles. The molecule has 20 heavy (non-hydrogen) atoms. The lowest BCUT2D eigenvalue weighted by Crippen LogP contribution is -2.21. The maximum atomic E-state index is 5.54. The maximum Gasteiger partial charge on any atom is 0.320 e. The topological polar surface area (TPSA) is 63.0 Å². The maximum absolute atomic E-state index is 5.54. The van der Waals surface area contributed by atoms with Crippen LogP contribution in [-0.4, -0.2) is 16.2 Å². The molecule has 0 bridgehead atoms. The van der Waals surface area contributed by atoms with E-state index in [0.29, 0.717) is 30.4 Å². The average Bonchev–Trinajstić information content (AvgIpc) is 2.84. The summed E-state index contributed by atoms with van der Waals surface area (Å²) in [6.45, 7) is 9.07. The predicted octanol–water partition coefficient (Wildman–Crippen LogP) is 3.43. The fourth-order valence-corrected chi connectivity index (χ4v) is 1.77. The summed E-state index contributed by atoms with van der Waals surface area (Å²) in [5.41, 5.74) is 2.24. The van der Waals surface area contributed by atoms with Crippen LogP contribution in [0.3, 0.4) is 0 Å². The Bertz CT molecular complexity index is 548. The number of anilines is 2. The van der Waals surface area contributed by atoms with Crippen molar-refractivity contribution >= 4 is 11.7 Å². The van der Waals surface area contributed by atoms with Gasteiger partial charge in [-0.05, 0) is 23.6 Å². The predicted molar refractivity (Wildman–Crippen MR) is 80.1 cm³/mol. The van der Waals surface area contributed by atoms with Gasteiger partial charge in [0.05, 0.1) is 6.54 Å².